The van der Waals surface area contributed by atoms with Crippen LogP contribution in [0.2, 0.25) is 0 Å². The molecule has 20 heavy (non-hydrogen) atoms. The molecule has 0 spiro atoms. The molecule has 1 N–H and O–H groups in total. The third-order valence-corrected chi connectivity index (χ3v) is 3.04. The van der Waals surface area contributed by atoms with Gasteiger partial charge in [0.2, 0.25) is 0 Å². The first-order chi connectivity index (χ1) is 9.93. The fourth-order valence-electron chi connectivity index (χ4n) is 2.05. The number of ether oxygens (including phenoxy) is 2. The van der Waals surface area contributed by atoms with E-state index < -0.39 is 0 Å². The quantitative estimate of drug-likeness (QED) is 0.798. The molecule has 2 heterocycles. The summed E-state index contributed by atoms with van der Waals surface area (Å²) in [5.74, 6) is 1.71. The maximum atomic E-state index is 5.30. The number of rotatable bonds is 0. The van der Waals surface area contributed by atoms with Gasteiger partial charge < -0.3 is 14.8 Å². The number of fused-ring (bicyclic) bond motifs is 2. The van der Waals surface area contributed by atoms with Crippen molar-refractivity contribution in [2.45, 2.75) is 6.54 Å². The molecular formula is C16H16N2O2. The maximum absolute atomic E-state index is 5.30. The monoisotopic (exact) mass is 268 g/mol. The van der Waals surface area contributed by atoms with Gasteiger partial charge in [0.15, 0.2) is 11.5 Å². The summed E-state index contributed by atoms with van der Waals surface area (Å²) in [6, 6.07) is 15.9. The van der Waals surface area contributed by atoms with Crippen molar-refractivity contribution in [3.63, 3.8) is 0 Å². The zero-order valence-electron chi connectivity index (χ0n) is 11.1. The topological polar surface area (TPSA) is 42.9 Å². The number of benzene rings is 2. The molecule has 2 aromatic carbocycles. The zero-order chi connectivity index (χ0) is 13.6. The summed E-state index contributed by atoms with van der Waals surface area (Å²) >= 11 is 0. The van der Waals surface area contributed by atoms with Crippen molar-refractivity contribution in [2.24, 2.45) is 4.99 Å². The number of hydrogen-bond donors (Lipinski definition) is 1. The molecule has 0 radical (unpaired) electrons. The van der Waals surface area contributed by atoms with Crippen LogP contribution < -0.4 is 14.8 Å². The molecule has 2 aliphatic rings. The fraction of sp³-hybridized carbons (Fsp3) is 0.188. The summed E-state index contributed by atoms with van der Waals surface area (Å²) in [7, 11) is 0. The molecule has 0 aliphatic carbocycles. The SMILES string of the molecule is C1=NCc2ccccc2N1.c1ccc2c(c1)OCCO2. The van der Waals surface area contributed by atoms with Gasteiger partial charge in [-0.15, -0.1) is 0 Å². The molecule has 0 aromatic heterocycles. The standard InChI is InChI=1S/C8H8N2.C8H8O2/c1-2-4-8-7(3-1)5-9-6-10-8;1-2-4-8-7(3-1)9-5-6-10-8/h1-4,6H,5H2,(H,9,10);1-4H,5-6H2. The van der Waals surface area contributed by atoms with Crippen LogP contribution in [0.5, 0.6) is 11.5 Å². The Labute approximate surface area is 118 Å². The van der Waals surface area contributed by atoms with E-state index in [4.69, 9.17) is 9.47 Å². The molecule has 102 valence electrons. The van der Waals surface area contributed by atoms with Crippen LogP contribution in [0, 0.1) is 0 Å². The van der Waals surface area contributed by atoms with Crippen LogP contribution in [0.3, 0.4) is 0 Å². The van der Waals surface area contributed by atoms with E-state index in [1.54, 1.807) is 6.34 Å². The molecule has 0 saturated heterocycles. The van der Waals surface area contributed by atoms with Gasteiger partial charge in [0.05, 0.1) is 12.9 Å². The van der Waals surface area contributed by atoms with Gasteiger partial charge in [0.1, 0.15) is 13.2 Å². The number of para-hydroxylation sites is 3. The van der Waals surface area contributed by atoms with Gasteiger partial charge in [0.25, 0.3) is 0 Å². The Kier molecular flexibility index (Phi) is 3.83. The van der Waals surface area contributed by atoms with Crippen LogP contribution in [-0.4, -0.2) is 19.6 Å². The van der Waals surface area contributed by atoms with E-state index in [9.17, 15) is 0 Å². The molecule has 2 aliphatic heterocycles. The first kappa shape index (κ1) is 12.5. The van der Waals surface area contributed by atoms with Crippen LogP contribution in [0.1, 0.15) is 5.56 Å². The molecule has 0 fully saturated rings. The Morgan fingerprint density at radius 2 is 1.50 bits per heavy atom. The molecule has 0 amide bonds. The van der Waals surface area contributed by atoms with E-state index in [2.05, 4.69) is 22.4 Å². The largest absolute Gasteiger partial charge is 0.486 e. The lowest BCUT2D eigenvalue weighted by Crippen LogP contribution is -2.14. The van der Waals surface area contributed by atoms with Crippen LogP contribution in [0.4, 0.5) is 5.69 Å². The predicted octanol–water partition coefficient (Wildman–Crippen LogP) is 3.10. The molecular weight excluding hydrogens is 252 g/mol. The molecule has 0 saturated carbocycles. The molecule has 0 bridgehead atoms. The van der Waals surface area contributed by atoms with Gasteiger partial charge in [-0.05, 0) is 23.8 Å². The van der Waals surface area contributed by atoms with Gasteiger partial charge in [0, 0.05) is 5.69 Å². The van der Waals surface area contributed by atoms with Crippen LogP contribution in [0.25, 0.3) is 0 Å². The number of hydrogen-bond acceptors (Lipinski definition) is 4. The van der Waals surface area contributed by atoms with Crippen molar-refractivity contribution in [3.8, 4) is 11.5 Å². The highest BCUT2D eigenvalue weighted by Crippen LogP contribution is 2.28. The third-order valence-electron chi connectivity index (χ3n) is 3.04. The summed E-state index contributed by atoms with van der Waals surface area (Å²) in [5, 5.41) is 3.07. The predicted molar refractivity (Wildman–Crippen MR) is 79.7 cm³/mol. The summed E-state index contributed by atoms with van der Waals surface area (Å²) in [6.45, 7) is 2.14. The smallest absolute Gasteiger partial charge is 0.161 e. The van der Waals surface area contributed by atoms with Crippen molar-refractivity contribution >= 4 is 12.0 Å². The summed E-state index contributed by atoms with van der Waals surface area (Å²) in [5.41, 5.74) is 2.45. The van der Waals surface area contributed by atoms with E-state index in [1.165, 1.54) is 11.3 Å². The Bertz CT molecular complexity index is 559. The van der Waals surface area contributed by atoms with E-state index in [-0.39, 0.29) is 0 Å². The van der Waals surface area contributed by atoms with Gasteiger partial charge in [-0.2, -0.15) is 0 Å². The Morgan fingerprint density at radius 3 is 2.20 bits per heavy atom. The Balaban J connectivity index is 0.000000121. The minimum atomic E-state index is 0.664. The molecule has 4 rings (SSSR count). The minimum absolute atomic E-state index is 0.664. The van der Waals surface area contributed by atoms with E-state index in [0.29, 0.717) is 13.2 Å². The number of nitrogens with zero attached hydrogens (tertiary/aromatic N) is 1. The van der Waals surface area contributed by atoms with Crippen molar-refractivity contribution in [1.29, 1.82) is 0 Å². The van der Waals surface area contributed by atoms with E-state index in [0.717, 1.165) is 18.0 Å². The Hall–Kier alpha value is -2.49. The van der Waals surface area contributed by atoms with E-state index in [1.807, 2.05) is 36.4 Å². The van der Waals surface area contributed by atoms with Gasteiger partial charge >= 0.3 is 0 Å². The molecule has 4 heteroatoms. The first-order valence-electron chi connectivity index (χ1n) is 6.61. The Morgan fingerprint density at radius 1 is 0.850 bits per heavy atom. The van der Waals surface area contributed by atoms with Crippen LogP contribution in [0.15, 0.2) is 53.5 Å². The van der Waals surface area contributed by atoms with Gasteiger partial charge in [-0.1, -0.05) is 30.3 Å². The lowest BCUT2D eigenvalue weighted by atomic mass is 10.1. The summed E-state index contributed by atoms with van der Waals surface area (Å²) < 4.78 is 10.6. The van der Waals surface area contributed by atoms with Crippen molar-refractivity contribution in [2.75, 3.05) is 18.5 Å². The molecule has 0 atom stereocenters. The van der Waals surface area contributed by atoms with Gasteiger partial charge in [-0.3, -0.25) is 4.99 Å². The van der Waals surface area contributed by atoms with Gasteiger partial charge in [-0.25, -0.2) is 0 Å². The van der Waals surface area contributed by atoms with Crippen LogP contribution in [-0.2, 0) is 6.54 Å². The summed E-state index contributed by atoms with van der Waals surface area (Å²) in [6.07, 6.45) is 1.74. The second-order valence-corrected chi connectivity index (χ2v) is 4.41. The molecule has 2 aromatic rings. The highest BCUT2D eigenvalue weighted by atomic mass is 16.6. The normalized spacial score (nSPS) is 14.4. The second kappa shape index (κ2) is 6.10. The fourth-order valence-corrected chi connectivity index (χ4v) is 2.05. The second-order valence-electron chi connectivity index (χ2n) is 4.41. The average molecular weight is 268 g/mol. The average Bonchev–Trinajstić information content (AvgIpc) is 2.56. The summed E-state index contributed by atoms with van der Waals surface area (Å²) in [4.78, 5) is 4.08. The van der Waals surface area contributed by atoms with Crippen molar-refractivity contribution < 1.29 is 9.47 Å². The van der Waals surface area contributed by atoms with E-state index >= 15 is 0 Å². The number of nitrogens with one attached hydrogen (secondary N) is 1. The minimum Gasteiger partial charge on any atom is -0.486 e. The number of aliphatic imine (C=N–C) groups is 1. The zero-order valence-corrected chi connectivity index (χ0v) is 11.1. The molecule has 4 nitrogen and oxygen atoms in total. The van der Waals surface area contributed by atoms with Crippen molar-refractivity contribution in [1.82, 2.24) is 0 Å². The highest BCUT2D eigenvalue weighted by molar-refractivity contribution is 5.79. The first-order valence-corrected chi connectivity index (χ1v) is 6.61. The third kappa shape index (κ3) is 2.91. The lowest BCUT2D eigenvalue weighted by Gasteiger charge is -2.17. The number of anilines is 1. The van der Waals surface area contributed by atoms with Crippen LogP contribution >= 0.6 is 0 Å². The molecule has 0 unspecified atom stereocenters. The van der Waals surface area contributed by atoms with Crippen molar-refractivity contribution in [3.05, 3.63) is 54.1 Å². The highest BCUT2D eigenvalue weighted by Gasteiger charge is 2.08. The lowest BCUT2D eigenvalue weighted by molar-refractivity contribution is 0.171. The maximum Gasteiger partial charge on any atom is 0.161 e.